The summed E-state index contributed by atoms with van der Waals surface area (Å²) in [5.74, 6) is 0.531. The average molecular weight is 565 g/mol. The Morgan fingerprint density at radius 1 is 0.659 bits per heavy atom. The highest BCUT2D eigenvalue weighted by Crippen LogP contribution is 2.54. The van der Waals surface area contributed by atoms with E-state index < -0.39 is 0 Å². The molecule has 2 nitrogen and oxygen atoms in total. The topological polar surface area (TPSA) is 25.2 Å². The zero-order valence-corrected chi connectivity index (χ0v) is 24.9. The van der Waals surface area contributed by atoms with Gasteiger partial charge >= 0.3 is 0 Å². The molecule has 0 saturated heterocycles. The maximum Gasteiger partial charge on any atom is 0.0759 e. The lowest BCUT2D eigenvalue weighted by Gasteiger charge is -2.26. The fourth-order valence-electron chi connectivity index (χ4n) is 8.07. The van der Waals surface area contributed by atoms with E-state index in [0.717, 1.165) is 11.2 Å². The Bertz CT molecular complexity index is 2200. The third-order valence-corrected chi connectivity index (χ3v) is 10.1. The van der Waals surface area contributed by atoms with Crippen LogP contribution in [0.1, 0.15) is 42.0 Å². The van der Waals surface area contributed by atoms with E-state index in [-0.39, 0.29) is 17.4 Å². The molecule has 9 rings (SSSR count). The lowest BCUT2D eigenvalue weighted by molar-refractivity contribution is 0.583. The molecule has 2 aliphatic carbocycles. The zero-order chi connectivity index (χ0) is 29.4. The second-order valence-corrected chi connectivity index (χ2v) is 12.9. The predicted octanol–water partition coefficient (Wildman–Crippen LogP) is 10.1. The minimum Gasteiger partial charge on any atom is -0.280 e. The lowest BCUT2D eigenvalue weighted by Crippen LogP contribution is -2.21. The minimum absolute atomic E-state index is 0.177. The molecule has 3 aliphatic rings. The maximum absolute atomic E-state index is 5.37. The third kappa shape index (κ3) is 3.61. The number of hydrogen-bond acceptors (Lipinski definition) is 2. The number of rotatable bonds is 3. The predicted molar refractivity (Wildman–Crippen MR) is 184 cm³/mol. The highest BCUT2D eigenvalue weighted by molar-refractivity contribution is 6.16. The average Bonchev–Trinajstić information content (AvgIpc) is 3.57. The highest BCUT2D eigenvalue weighted by Gasteiger charge is 2.41. The Morgan fingerprint density at radius 3 is 2.27 bits per heavy atom. The van der Waals surface area contributed by atoms with Crippen molar-refractivity contribution in [2.75, 3.05) is 0 Å². The first kappa shape index (κ1) is 25.4. The van der Waals surface area contributed by atoms with Crippen LogP contribution >= 0.6 is 0 Å². The van der Waals surface area contributed by atoms with Crippen LogP contribution in [0, 0.1) is 5.92 Å². The summed E-state index contributed by atoms with van der Waals surface area (Å²) in [6.45, 7) is 4.72. The van der Waals surface area contributed by atoms with Crippen LogP contribution in [0.15, 0.2) is 145 Å². The Labute approximate surface area is 258 Å². The number of allylic oxidation sites excluding steroid dienone is 2. The largest absolute Gasteiger partial charge is 0.280 e. The molecule has 0 bridgehead atoms. The Morgan fingerprint density at radius 2 is 1.41 bits per heavy atom. The number of benzene rings is 5. The molecule has 0 amide bonds. The van der Waals surface area contributed by atoms with Gasteiger partial charge in [-0.25, -0.2) is 4.98 Å². The number of fused-ring (bicyclic) bond motifs is 7. The van der Waals surface area contributed by atoms with Gasteiger partial charge in [0.2, 0.25) is 0 Å². The second kappa shape index (κ2) is 9.46. The van der Waals surface area contributed by atoms with Gasteiger partial charge < -0.3 is 0 Å². The number of pyridine rings is 1. The van der Waals surface area contributed by atoms with Gasteiger partial charge in [0.1, 0.15) is 0 Å². The number of nitrogens with zero attached hydrogens (tertiary/aromatic N) is 2. The van der Waals surface area contributed by atoms with E-state index in [1.165, 1.54) is 60.8 Å². The van der Waals surface area contributed by atoms with Gasteiger partial charge in [-0.15, -0.1) is 0 Å². The molecule has 0 radical (unpaired) electrons. The summed E-state index contributed by atoms with van der Waals surface area (Å²) in [5.41, 5.74) is 12.1. The number of aromatic nitrogens is 1. The van der Waals surface area contributed by atoms with E-state index in [4.69, 9.17) is 9.98 Å². The number of aliphatic imine (C=N–C) groups is 1. The van der Waals surface area contributed by atoms with Crippen molar-refractivity contribution in [1.29, 1.82) is 0 Å². The van der Waals surface area contributed by atoms with Crippen LogP contribution in [0.5, 0.6) is 0 Å². The normalized spacial score (nSPS) is 20.9. The molecule has 3 unspecified atom stereocenters. The summed E-state index contributed by atoms with van der Waals surface area (Å²) < 4.78 is 0. The first-order chi connectivity index (χ1) is 21.6. The molecule has 1 aromatic heterocycles. The molecule has 2 heterocycles. The Kier molecular flexibility index (Phi) is 5.47. The van der Waals surface area contributed by atoms with Gasteiger partial charge in [0.05, 0.1) is 23.0 Å². The molecule has 6 aromatic rings. The molecule has 0 saturated carbocycles. The summed E-state index contributed by atoms with van der Waals surface area (Å²) in [5, 5.41) is 3.73. The maximum atomic E-state index is 5.37. The molecule has 5 aromatic carbocycles. The van der Waals surface area contributed by atoms with Crippen molar-refractivity contribution in [2.24, 2.45) is 10.9 Å². The molecule has 0 spiro atoms. The van der Waals surface area contributed by atoms with Crippen LogP contribution in [0.25, 0.3) is 44.1 Å². The molecule has 210 valence electrons. The van der Waals surface area contributed by atoms with E-state index in [1.807, 2.05) is 0 Å². The molecule has 1 aliphatic heterocycles. The molecule has 0 fully saturated rings. The number of hydrogen-bond donors (Lipinski definition) is 0. The molecular formula is C42H32N2. The molecule has 2 heteroatoms. The monoisotopic (exact) mass is 564 g/mol. The standard InChI is InChI=1S/C42H32N2/c1-42(2)33-18-10-8-16-31(33)41-39(42)37(38-30-15-7-6-12-26(30)24-25-35(38)44-41)28-22-20-27(21-23-28)36-32-17-9-11-19-34(32)43-40(36)29-13-4-3-5-14-29/h3-25,32,34,36H,1-2H3. The third-order valence-electron chi connectivity index (χ3n) is 10.1. The second-order valence-electron chi connectivity index (χ2n) is 12.9. The van der Waals surface area contributed by atoms with Gasteiger partial charge in [0.15, 0.2) is 0 Å². The van der Waals surface area contributed by atoms with Crippen LogP contribution in [0.2, 0.25) is 0 Å². The van der Waals surface area contributed by atoms with Crippen molar-refractivity contribution in [2.45, 2.75) is 31.2 Å². The molecular weight excluding hydrogens is 532 g/mol. The SMILES string of the molecule is CC1(C)c2ccccc2-c2nc3ccc4ccccc4c3c(-c3ccc(C4C(c5ccccc5)=NC5C=CC=CC54)cc3)c21. The smallest absolute Gasteiger partial charge is 0.0759 e. The summed E-state index contributed by atoms with van der Waals surface area (Å²) in [4.78, 5) is 10.6. The highest BCUT2D eigenvalue weighted by atomic mass is 14.9. The van der Waals surface area contributed by atoms with Crippen LogP contribution in [-0.4, -0.2) is 16.7 Å². The van der Waals surface area contributed by atoms with Crippen LogP contribution < -0.4 is 0 Å². The Balaban J connectivity index is 1.27. The van der Waals surface area contributed by atoms with Crippen LogP contribution in [0.4, 0.5) is 0 Å². The fraction of sp³-hybridized carbons (Fsp3) is 0.143. The summed E-state index contributed by atoms with van der Waals surface area (Å²) >= 11 is 0. The van der Waals surface area contributed by atoms with E-state index in [9.17, 15) is 0 Å². The summed E-state index contributed by atoms with van der Waals surface area (Å²) in [6.07, 6.45) is 8.91. The van der Waals surface area contributed by atoms with Gasteiger partial charge in [0, 0.05) is 28.2 Å². The fourth-order valence-corrected chi connectivity index (χ4v) is 8.07. The molecule has 0 N–H and O–H groups in total. The first-order valence-electron chi connectivity index (χ1n) is 15.6. The van der Waals surface area contributed by atoms with Crippen molar-refractivity contribution < 1.29 is 0 Å². The summed E-state index contributed by atoms with van der Waals surface area (Å²) in [7, 11) is 0. The molecule has 44 heavy (non-hydrogen) atoms. The van der Waals surface area contributed by atoms with Crippen molar-refractivity contribution in [3.63, 3.8) is 0 Å². The van der Waals surface area contributed by atoms with Crippen LogP contribution in [-0.2, 0) is 5.41 Å². The van der Waals surface area contributed by atoms with E-state index in [1.54, 1.807) is 0 Å². The lowest BCUT2D eigenvalue weighted by atomic mass is 9.76. The molecule has 3 atom stereocenters. The zero-order valence-electron chi connectivity index (χ0n) is 24.9. The van der Waals surface area contributed by atoms with Crippen molar-refractivity contribution >= 4 is 27.4 Å². The summed E-state index contributed by atoms with van der Waals surface area (Å²) in [6, 6.07) is 42.3. The minimum atomic E-state index is -0.177. The van der Waals surface area contributed by atoms with Crippen molar-refractivity contribution in [1.82, 2.24) is 4.98 Å². The van der Waals surface area contributed by atoms with E-state index >= 15 is 0 Å². The van der Waals surface area contributed by atoms with Gasteiger partial charge in [-0.2, -0.15) is 0 Å². The van der Waals surface area contributed by atoms with Crippen molar-refractivity contribution in [3.05, 3.63) is 162 Å². The van der Waals surface area contributed by atoms with Gasteiger partial charge in [-0.1, -0.05) is 147 Å². The van der Waals surface area contributed by atoms with Crippen LogP contribution in [0.3, 0.4) is 0 Å². The van der Waals surface area contributed by atoms with Gasteiger partial charge in [-0.3, -0.25) is 4.99 Å². The van der Waals surface area contributed by atoms with Crippen molar-refractivity contribution in [3.8, 4) is 22.4 Å². The van der Waals surface area contributed by atoms with Gasteiger partial charge in [-0.05, 0) is 50.2 Å². The first-order valence-corrected chi connectivity index (χ1v) is 15.6. The van der Waals surface area contributed by atoms with Gasteiger partial charge in [0.25, 0.3) is 0 Å². The van der Waals surface area contributed by atoms with E-state index in [2.05, 4.69) is 153 Å². The van der Waals surface area contributed by atoms with E-state index in [0.29, 0.717) is 5.92 Å². The Hall–Kier alpha value is -5.08. The quantitative estimate of drug-likeness (QED) is 0.196.